The van der Waals surface area contributed by atoms with Gasteiger partial charge in [-0.1, -0.05) is 13.8 Å². The predicted octanol–water partition coefficient (Wildman–Crippen LogP) is 3.17. The lowest BCUT2D eigenvalue weighted by molar-refractivity contribution is 0.150. The minimum Gasteiger partial charge on any atom is -0.383 e. The van der Waals surface area contributed by atoms with Crippen LogP contribution in [-0.2, 0) is 4.74 Å². The van der Waals surface area contributed by atoms with Gasteiger partial charge in [0.05, 0.1) is 12.3 Å². The molecule has 24 heavy (non-hydrogen) atoms. The highest BCUT2D eigenvalue weighted by molar-refractivity contribution is 9.10. The first-order valence-corrected chi connectivity index (χ1v) is 8.51. The molecule has 0 aromatic carbocycles. The number of aromatic nitrogens is 3. The van der Waals surface area contributed by atoms with Crippen molar-refractivity contribution in [3.8, 4) is 5.82 Å². The number of pyridine rings is 1. The van der Waals surface area contributed by atoms with Crippen molar-refractivity contribution in [1.29, 1.82) is 0 Å². The van der Waals surface area contributed by atoms with E-state index in [-0.39, 0.29) is 6.03 Å². The van der Waals surface area contributed by atoms with Crippen molar-refractivity contribution in [3.05, 3.63) is 35.2 Å². The maximum atomic E-state index is 12.7. The smallest absolute Gasteiger partial charge is 0.322 e. The molecule has 2 rings (SSSR count). The van der Waals surface area contributed by atoms with Crippen LogP contribution in [0, 0.1) is 5.92 Å². The molecule has 0 saturated carbocycles. The molecule has 7 nitrogen and oxygen atoms in total. The Morgan fingerprint density at radius 1 is 1.50 bits per heavy atom. The molecule has 0 aliphatic rings. The van der Waals surface area contributed by atoms with Gasteiger partial charge >= 0.3 is 6.03 Å². The van der Waals surface area contributed by atoms with Crippen LogP contribution < -0.4 is 5.32 Å². The van der Waals surface area contributed by atoms with Crippen molar-refractivity contribution in [2.75, 3.05) is 32.1 Å². The largest absolute Gasteiger partial charge is 0.383 e. The maximum Gasteiger partial charge on any atom is 0.322 e. The molecule has 0 bridgehead atoms. The second-order valence-corrected chi connectivity index (χ2v) is 6.65. The molecule has 8 heteroatoms. The molecule has 130 valence electrons. The maximum absolute atomic E-state index is 12.7. The third-order valence-corrected chi connectivity index (χ3v) is 3.67. The second-order valence-electron chi connectivity index (χ2n) is 5.74. The van der Waals surface area contributed by atoms with Crippen LogP contribution in [0.15, 0.2) is 35.2 Å². The highest BCUT2D eigenvalue weighted by atomic mass is 79.9. The number of nitrogens with one attached hydrogen (secondary N) is 1. The highest BCUT2D eigenvalue weighted by Crippen LogP contribution is 2.22. The minimum absolute atomic E-state index is 0.186. The number of methoxy groups -OCH3 is 1. The topological polar surface area (TPSA) is 72.3 Å². The molecule has 0 spiro atoms. The molecular formula is C16H22BrN5O2. The molecule has 0 fully saturated rings. The van der Waals surface area contributed by atoms with Gasteiger partial charge in [-0.3, -0.25) is 0 Å². The number of hydrogen-bond acceptors (Lipinski definition) is 4. The molecule has 0 aliphatic heterocycles. The number of ether oxygens (including phenoxy) is 1. The molecule has 2 aromatic heterocycles. The van der Waals surface area contributed by atoms with Crippen LogP contribution in [0.4, 0.5) is 10.5 Å². The lowest BCUT2D eigenvalue weighted by Crippen LogP contribution is -2.39. The van der Waals surface area contributed by atoms with Gasteiger partial charge in [-0.05, 0) is 34.0 Å². The average molecular weight is 396 g/mol. The number of halogens is 1. The number of nitrogens with zero attached hydrogens (tertiary/aromatic N) is 4. The first-order chi connectivity index (χ1) is 11.5. The Kier molecular flexibility index (Phi) is 6.74. The number of carbonyl (C=O) groups is 1. The normalized spacial score (nSPS) is 10.9. The zero-order chi connectivity index (χ0) is 17.5. The van der Waals surface area contributed by atoms with E-state index in [1.54, 1.807) is 41.3 Å². The number of amides is 2. The van der Waals surface area contributed by atoms with E-state index in [0.29, 0.717) is 37.1 Å². The van der Waals surface area contributed by atoms with Crippen LogP contribution in [-0.4, -0.2) is 52.5 Å². The Balaban J connectivity index is 2.21. The minimum atomic E-state index is -0.186. The molecule has 0 radical (unpaired) electrons. The van der Waals surface area contributed by atoms with E-state index >= 15 is 0 Å². The Hall–Kier alpha value is -1.93. The van der Waals surface area contributed by atoms with Crippen LogP contribution in [0.3, 0.4) is 0 Å². The van der Waals surface area contributed by atoms with Gasteiger partial charge in [-0.25, -0.2) is 14.5 Å². The molecule has 0 aliphatic carbocycles. The zero-order valence-corrected chi connectivity index (χ0v) is 15.7. The van der Waals surface area contributed by atoms with Gasteiger partial charge in [0.1, 0.15) is 0 Å². The van der Waals surface area contributed by atoms with Crippen LogP contribution in [0.25, 0.3) is 5.82 Å². The van der Waals surface area contributed by atoms with E-state index in [1.807, 2.05) is 6.07 Å². The summed E-state index contributed by atoms with van der Waals surface area (Å²) in [6.45, 7) is 5.81. The van der Waals surface area contributed by atoms with Gasteiger partial charge in [0.2, 0.25) is 0 Å². The lowest BCUT2D eigenvalue weighted by Gasteiger charge is -2.25. The second kappa shape index (κ2) is 8.79. The molecule has 1 N–H and O–H groups in total. The molecule has 2 amide bonds. The average Bonchev–Trinajstić information content (AvgIpc) is 3.05. The van der Waals surface area contributed by atoms with Crippen molar-refractivity contribution >= 4 is 27.6 Å². The van der Waals surface area contributed by atoms with Crippen LogP contribution >= 0.6 is 15.9 Å². The summed E-state index contributed by atoms with van der Waals surface area (Å²) in [4.78, 5) is 18.8. The fourth-order valence-corrected chi connectivity index (χ4v) is 2.54. The van der Waals surface area contributed by atoms with E-state index in [1.165, 1.54) is 0 Å². The zero-order valence-electron chi connectivity index (χ0n) is 14.1. The van der Waals surface area contributed by atoms with Gasteiger partial charge in [0.15, 0.2) is 5.82 Å². The molecule has 0 saturated heterocycles. The number of hydrogen-bond donors (Lipinski definition) is 1. The lowest BCUT2D eigenvalue weighted by atomic mass is 10.2. The van der Waals surface area contributed by atoms with E-state index in [4.69, 9.17) is 4.74 Å². The number of carbonyl (C=O) groups excluding carboxylic acids is 1. The van der Waals surface area contributed by atoms with Gasteiger partial charge in [-0.15, -0.1) is 0 Å². The number of urea groups is 1. The van der Waals surface area contributed by atoms with Crippen molar-refractivity contribution < 1.29 is 9.53 Å². The molecule has 0 atom stereocenters. The third-order valence-electron chi connectivity index (χ3n) is 3.23. The summed E-state index contributed by atoms with van der Waals surface area (Å²) in [5, 5.41) is 7.11. The highest BCUT2D eigenvalue weighted by Gasteiger charge is 2.17. The van der Waals surface area contributed by atoms with E-state index in [2.05, 4.69) is 45.2 Å². The van der Waals surface area contributed by atoms with E-state index in [0.717, 1.165) is 4.47 Å². The number of rotatable bonds is 7. The summed E-state index contributed by atoms with van der Waals surface area (Å²) in [5.74, 6) is 0.923. The third kappa shape index (κ3) is 5.04. The summed E-state index contributed by atoms with van der Waals surface area (Å²) < 4.78 is 7.49. The van der Waals surface area contributed by atoms with Crippen molar-refractivity contribution in [2.24, 2.45) is 5.92 Å². The van der Waals surface area contributed by atoms with Crippen LogP contribution in [0.1, 0.15) is 13.8 Å². The molecule has 2 aromatic rings. The summed E-state index contributed by atoms with van der Waals surface area (Å²) in [7, 11) is 1.62. The standard InChI is InChI=1S/C16H22BrN5O2/c1-12(2)11-21(7-8-24-3)16(23)20-14-9-13(17)10-18-15(14)22-6-4-5-19-22/h4-6,9-10,12H,7-8,11H2,1-3H3,(H,20,23). The van der Waals surface area contributed by atoms with E-state index in [9.17, 15) is 4.79 Å². The van der Waals surface area contributed by atoms with E-state index < -0.39 is 0 Å². The van der Waals surface area contributed by atoms with Crippen molar-refractivity contribution in [1.82, 2.24) is 19.7 Å². The first-order valence-electron chi connectivity index (χ1n) is 7.71. The fourth-order valence-electron chi connectivity index (χ4n) is 2.21. The number of anilines is 1. The van der Waals surface area contributed by atoms with Gasteiger partial charge in [-0.2, -0.15) is 5.10 Å². The summed E-state index contributed by atoms with van der Waals surface area (Å²) in [5.41, 5.74) is 0.587. The quantitative estimate of drug-likeness (QED) is 0.781. The molecule has 2 heterocycles. The predicted molar refractivity (Wildman–Crippen MR) is 96.4 cm³/mol. The Bertz CT molecular complexity index is 660. The summed E-state index contributed by atoms with van der Waals surface area (Å²) in [6, 6.07) is 3.43. The Morgan fingerprint density at radius 2 is 2.29 bits per heavy atom. The van der Waals surface area contributed by atoms with Gasteiger partial charge in [0, 0.05) is 43.3 Å². The SMILES string of the molecule is COCCN(CC(C)C)C(=O)Nc1cc(Br)cnc1-n1cccn1. The Labute approximate surface area is 150 Å². The summed E-state index contributed by atoms with van der Waals surface area (Å²) in [6.07, 6.45) is 5.12. The fraction of sp³-hybridized carbons (Fsp3) is 0.438. The monoisotopic (exact) mass is 395 g/mol. The molecular weight excluding hydrogens is 374 g/mol. The van der Waals surface area contributed by atoms with Crippen molar-refractivity contribution in [2.45, 2.75) is 13.8 Å². The summed E-state index contributed by atoms with van der Waals surface area (Å²) >= 11 is 3.39. The van der Waals surface area contributed by atoms with Crippen LogP contribution in [0.5, 0.6) is 0 Å². The van der Waals surface area contributed by atoms with Gasteiger partial charge < -0.3 is 15.0 Å². The van der Waals surface area contributed by atoms with Crippen molar-refractivity contribution in [3.63, 3.8) is 0 Å². The van der Waals surface area contributed by atoms with Gasteiger partial charge in [0.25, 0.3) is 0 Å². The first kappa shape index (κ1) is 18.4. The molecule has 0 unspecified atom stereocenters. The Morgan fingerprint density at radius 3 is 2.92 bits per heavy atom. The van der Waals surface area contributed by atoms with Crippen LogP contribution in [0.2, 0.25) is 0 Å².